The van der Waals surface area contributed by atoms with Crippen LogP contribution >= 0.6 is 11.6 Å². The number of ether oxygens (including phenoxy) is 1. The molecule has 0 aromatic heterocycles. The lowest BCUT2D eigenvalue weighted by atomic mass is 9.95. The van der Waals surface area contributed by atoms with Gasteiger partial charge in [-0.25, -0.2) is 0 Å². The normalized spacial score (nSPS) is 16.9. The van der Waals surface area contributed by atoms with E-state index in [4.69, 9.17) is 21.4 Å². The average molecular weight is 243 g/mol. The van der Waals surface area contributed by atoms with E-state index in [0.29, 0.717) is 24.2 Å². The van der Waals surface area contributed by atoms with Crippen molar-refractivity contribution in [2.75, 3.05) is 7.11 Å². The van der Waals surface area contributed by atoms with Crippen LogP contribution in [0.4, 0.5) is 0 Å². The summed E-state index contributed by atoms with van der Waals surface area (Å²) in [6, 6.07) is 2.99. The Balaban J connectivity index is 2.56. The molecule has 5 heteroatoms. The molecule has 0 radical (unpaired) electrons. The highest BCUT2D eigenvalue weighted by Gasteiger charge is 2.53. The lowest BCUT2D eigenvalue weighted by Crippen LogP contribution is -2.19. The Morgan fingerprint density at radius 1 is 1.50 bits per heavy atom. The number of rotatable bonds is 3. The molecule has 0 aliphatic heterocycles. The number of aliphatic carboxylic acids is 1. The van der Waals surface area contributed by atoms with Gasteiger partial charge in [-0.3, -0.25) is 4.79 Å². The molecule has 0 atom stereocenters. The van der Waals surface area contributed by atoms with Crippen molar-refractivity contribution >= 4 is 17.6 Å². The number of phenolic OH excluding ortho intramolecular Hbond substituents is 1. The average Bonchev–Trinajstić information content (AvgIpc) is 3.02. The van der Waals surface area contributed by atoms with E-state index < -0.39 is 11.4 Å². The number of aromatic hydroxyl groups is 1. The van der Waals surface area contributed by atoms with Crippen LogP contribution in [0.25, 0.3) is 0 Å². The van der Waals surface area contributed by atoms with Crippen molar-refractivity contribution in [3.05, 3.63) is 22.7 Å². The molecule has 0 heterocycles. The second-order valence-corrected chi connectivity index (χ2v) is 4.30. The van der Waals surface area contributed by atoms with Crippen LogP contribution < -0.4 is 4.74 Å². The number of methoxy groups -OCH3 is 1. The van der Waals surface area contributed by atoms with Gasteiger partial charge in [0.15, 0.2) is 0 Å². The third-order valence-electron chi connectivity index (χ3n) is 2.95. The highest BCUT2D eigenvalue weighted by Crippen LogP contribution is 2.53. The summed E-state index contributed by atoms with van der Waals surface area (Å²) < 4.78 is 5.00. The molecule has 1 aromatic rings. The van der Waals surface area contributed by atoms with Crippen LogP contribution in [0.15, 0.2) is 12.1 Å². The topological polar surface area (TPSA) is 66.8 Å². The van der Waals surface area contributed by atoms with Crippen LogP contribution in [0.2, 0.25) is 5.02 Å². The molecule has 2 N–H and O–H groups in total. The second kappa shape index (κ2) is 3.56. The molecule has 4 nitrogen and oxygen atoms in total. The summed E-state index contributed by atoms with van der Waals surface area (Å²) in [4.78, 5) is 11.2. The molecule has 1 saturated carbocycles. The van der Waals surface area contributed by atoms with Gasteiger partial charge in [-0.15, -0.1) is 0 Å². The predicted octanol–water partition coefficient (Wildman–Crippen LogP) is 2.17. The smallest absolute Gasteiger partial charge is 0.314 e. The van der Waals surface area contributed by atoms with E-state index >= 15 is 0 Å². The number of carboxylic acids is 1. The summed E-state index contributed by atoms with van der Waals surface area (Å²) in [5.74, 6) is -0.653. The van der Waals surface area contributed by atoms with Gasteiger partial charge in [0.2, 0.25) is 0 Å². The van der Waals surface area contributed by atoms with Crippen LogP contribution in [0, 0.1) is 0 Å². The number of hydrogen-bond acceptors (Lipinski definition) is 3. The molecular formula is C11H11ClO4. The Kier molecular flexibility index (Phi) is 2.46. The van der Waals surface area contributed by atoms with Crippen molar-refractivity contribution in [3.63, 3.8) is 0 Å². The van der Waals surface area contributed by atoms with Gasteiger partial charge in [-0.05, 0) is 18.9 Å². The Bertz CT molecular complexity index is 452. The lowest BCUT2D eigenvalue weighted by Gasteiger charge is -2.14. The maximum absolute atomic E-state index is 11.2. The van der Waals surface area contributed by atoms with Gasteiger partial charge >= 0.3 is 5.97 Å². The van der Waals surface area contributed by atoms with Crippen LogP contribution in [-0.4, -0.2) is 23.3 Å². The number of halogens is 1. The molecule has 0 unspecified atom stereocenters. The lowest BCUT2D eigenvalue weighted by molar-refractivity contribution is -0.140. The van der Waals surface area contributed by atoms with Crippen LogP contribution in [0.3, 0.4) is 0 Å². The molecule has 2 rings (SSSR count). The number of phenols is 1. The van der Waals surface area contributed by atoms with Gasteiger partial charge in [0.05, 0.1) is 17.5 Å². The molecule has 0 amide bonds. The van der Waals surface area contributed by atoms with Gasteiger partial charge in [-0.2, -0.15) is 0 Å². The Labute approximate surface area is 97.4 Å². The Hall–Kier alpha value is -1.42. The number of benzene rings is 1. The molecule has 0 bridgehead atoms. The van der Waals surface area contributed by atoms with Crippen LogP contribution in [0.5, 0.6) is 11.5 Å². The Morgan fingerprint density at radius 3 is 2.56 bits per heavy atom. The molecule has 1 aliphatic carbocycles. The molecule has 1 aromatic carbocycles. The highest BCUT2D eigenvalue weighted by molar-refractivity contribution is 6.32. The molecule has 86 valence electrons. The quantitative estimate of drug-likeness (QED) is 0.853. The van der Waals surface area contributed by atoms with Gasteiger partial charge < -0.3 is 14.9 Å². The fourth-order valence-corrected chi connectivity index (χ4v) is 1.99. The zero-order chi connectivity index (χ0) is 11.9. The fourth-order valence-electron chi connectivity index (χ4n) is 1.78. The van der Waals surface area contributed by atoms with E-state index in [1.165, 1.54) is 19.2 Å². The standard InChI is InChI=1S/C11H11ClO4/c1-16-6-4-7(9(13)8(12)5-6)11(2-3-11)10(14)15/h4-5,13H,2-3H2,1H3,(H,14,15). The zero-order valence-corrected chi connectivity index (χ0v) is 9.41. The summed E-state index contributed by atoms with van der Waals surface area (Å²) in [5.41, 5.74) is -0.647. The zero-order valence-electron chi connectivity index (χ0n) is 8.66. The van der Waals surface area contributed by atoms with Crippen molar-refractivity contribution in [1.82, 2.24) is 0 Å². The molecule has 0 saturated heterocycles. The van der Waals surface area contributed by atoms with Crippen molar-refractivity contribution in [1.29, 1.82) is 0 Å². The monoisotopic (exact) mass is 242 g/mol. The summed E-state index contributed by atoms with van der Waals surface area (Å²) in [5, 5.41) is 19.0. The number of carbonyl (C=O) groups is 1. The van der Waals surface area contributed by atoms with E-state index in [2.05, 4.69) is 0 Å². The SMILES string of the molecule is COc1cc(Cl)c(O)c(C2(C(=O)O)CC2)c1. The maximum atomic E-state index is 11.2. The van der Waals surface area contributed by atoms with E-state index in [1.54, 1.807) is 0 Å². The molecule has 16 heavy (non-hydrogen) atoms. The van der Waals surface area contributed by atoms with Crippen molar-refractivity contribution < 1.29 is 19.7 Å². The minimum Gasteiger partial charge on any atom is -0.506 e. The van der Waals surface area contributed by atoms with Crippen molar-refractivity contribution in [2.24, 2.45) is 0 Å². The third kappa shape index (κ3) is 1.50. The summed E-state index contributed by atoms with van der Waals surface area (Å²) in [6.07, 6.45) is 1.03. The molecule has 1 fully saturated rings. The van der Waals surface area contributed by atoms with E-state index in [0.717, 1.165) is 0 Å². The van der Waals surface area contributed by atoms with E-state index in [-0.39, 0.29) is 10.8 Å². The van der Waals surface area contributed by atoms with Crippen LogP contribution in [-0.2, 0) is 10.2 Å². The van der Waals surface area contributed by atoms with Crippen molar-refractivity contribution in [3.8, 4) is 11.5 Å². The minimum atomic E-state index is -0.984. The first-order valence-electron chi connectivity index (χ1n) is 4.81. The van der Waals surface area contributed by atoms with Gasteiger partial charge in [0, 0.05) is 11.6 Å². The largest absolute Gasteiger partial charge is 0.506 e. The fraction of sp³-hybridized carbons (Fsp3) is 0.364. The van der Waals surface area contributed by atoms with Gasteiger partial charge in [-0.1, -0.05) is 11.6 Å². The first-order valence-corrected chi connectivity index (χ1v) is 5.19. The first-order chi connectivity index (χ1) is 7.51. The summed E-state index contributed by atoms with van der Waals surface area (Å²) in [7, 11) is 1.47. The van der Waals surface area contributed by atoms with Gasteiger partial charge in [0.25, 0.3) is 0 Å². The predicted molar refractivity (Wildman–Crippen MR) is 58.2 cm³/mol. The summed E-state index contributed by atoms with van der Waals surface area (Å²) in [6.45, 7) is 0. The van der Waals surface area contributed by atoms with E-state index in [9.17, 15) is 9.90 Å². The minimum absolute atomic E-state index is 0.113. The first kappa shape index (κ1) is 11.1. The Morgan fingerprint density at radius 2 is 2.12 bits per heavy atom. The molecule has 0 spiro atoms. The summed E-state index contributed by atoms with van der Waals surface area (Å²) >= 11 is 5.81. The highest BCUT2D eigenvalue weighted by atomic mass is 35.5. The molecule has 1 aliphatic rings. The molecular weight excluding hydrogens is 232 g/mol. The van der Waals surface area contributed by atoms with Crippen LogP contribution in [0.1, 0.15) is 18.4 Å². The number of carboxylic acid groups (broad SMARTS) is 1. The second-order valence-electron chi connectivity index (χ2n) is 3.89. The van der Waals surface area contributed by atoms with Gasteiger partial charge in [0.1, 0.15) is 11.5 Å². The number of hydrogen-bond donors (Lipinski definition) is 2. The maximum Gasteiger partial charge on any atom is 0.314 e. The van der Waals surface area contributed by atoms with Crippen molar-refractivity contribution in [2.45, 2.75) is 18.3 Å². The third-order valence-corrected chi connectivity index (χ3v) is 3.24. The van der Waals surface area contributed by atoms with E-state index in [1.807, 2.05) is 0 Å².